The Morgan fingerprint density at radius 2 is 2.26 bits per heavy atom. The van der Waals surface area contributed by atoms with Gasteiger partial charge in [-0.1, -0.05) is 0 Å². The molecule has 1 aromatic rings. The van der Waals surface area contributed by atoms with Crippen molar-refractivity contribution in [2.75, 3.05) is 19.7 Å². The SMILES string of the molecule is CC1CNCC(COc2ncccc2C(F)(F)F)O1. The molecule has 1 aromatic heterocycles. The first-order chi connectivity index (χ1) is 8.97. The van der Waals surface area contributed by atoms with Gasteiger partial charge >= 0.3 is 6.18 Å². The van der Waals surface area contributed by atoms with E-state index in [9.17, 15) is 13.2 Å². The zero-order valence-electron chi connectivity index (χ0n) is 10.4. The van der Waals surface area contributed by atoms with Crippen molar-refractivity contribution in [3.63, 3.8) is 0 Å². The first-order valence-electron chi connectivity index (χ1n) is 5.98. The second kappa shape index (κ2) is 5.75. The highest BCUT2D eigenvalue weighted by Gasteiger charge is 2.35. The lowest BCUT2D eigenvalue weighted by Gasteiger charge is -2.28. The Bertz CT molecular complexity index is 426. The minimum absolute atomic E-state index is 0.0215. The molecule has 1 saturated heterocycles. The molecule has 0 amide bonds. The van der Waals surface area contributed by atoms with E-state index in [1.807, 2.05) is 6.92 Å². The monoisotopic (exact) mass is 276 g/mol. The molecule has 0 aromatic carbocycles. The number of alkyl halides is 3. The van der Waals surface area contributed by atoms with Crippen LogP contribution < -0.4 is 10.1 Å². The van der Waals surface area contributed by atoms with Gasteiger partial charge in [0.05, 0.1) is 6.10 Å². The van der Waals surface area contributed by atoms with Crippen LogP contribution in [0.2, 0.25) is 0 Å². The van der Waals surface area contributed by atoms with Crippen LogP contribution in [-0.2, 0) is 10.9 Å². The van der Waals surface area contributed by atoms with Gasteiger partial charge in [-0.15, -0.1) is 0 Å². The molecule has 2 heterocycles. The summed E-state index contributed by atoms with van der Waals surface area (Å²) in [6, 6.07) is 2.18. The van der Waals surface area contributed by atoms with Crippen molar-refractivity contribution in [3.05, 3.63) is 23.9 Å². The van der Waals surface area contributed by atoms with Gasteiger partial charge in [-0.25, -0.2) is 4.98 Å². The lowest BCUT2D eigenvalue weighted by molar-refractivity contribution is -0.139. The Hall–Kier alpha value is -1.34. The van der Waals surface area contributed by atoms with Crippen LogP contribution in [-0.4, -0.2) is 36.9 Å². The average molecular weight is 276 g/mol. The van der Waals surface area contributed by atoms with Crippen LogP contribution in [0.3, 0.4) is 0 Å². The van der Waals surface area contributed by atoms with E-state index in [0.29, 0.717) is 6.54 Å². The summed E-state index contributed by atoms with van der Waals surface area (Å²) in [5.41, 5.74) is -0.869. The molecule has 0 radical (unpaired) electrons. The molecule has 2 unspecified atom stereocenters. The predicted molar refractivity (Wildman–Crippen MR) is 61.9 cm³/mol. The zero-order chi connectivity index (χ0) is 13.9. The van der Waals surface area contributed by atoms with E-state index in [4.69, 9.17) is 9.47 Å². The fourth-order valence-corrected chi connectivity index (χ4v) is 1.86. The molecule has 0 saturated carbocycles. The van der Waals surface area contributed by atoms with Gasteiger partial charge in [-0.3, -0.25) is 0 Å². The third kappa shape index (κ3) is 3.81. The zero-order valence-corrected chi connectivity index (χ0v) is 10.4. The standard InChI is InChI=1S/C12H15F3N2O2/c1-8-5-16-6-9(19-8)7-18-11-10(12(13,14)15)3-2-4-17-11/h2-4,8-9,16H,5-7H2,1H3. The summed E-state index contributed by atoms with van der Waals surface area (Å²) in [4.78, 5) is 3.63. The minimum atomic E-state index is -4.47. The third-order valence-electron chi connectivity index (χ3n) is 2.71. The summed E-state index contributed by atoms with van der Waals surface area (Å²) < 4.78 is 48.8. The summed E-state index contributed by atoms with van der Waals surface area (Å²) >= 11 is 0. The number of pyridine rings is 1. The highest BCUT2D eigenvalue weighted by atomic mass is 19.4. The van der Waals surface area contributed by atoms with Gasteiger partial charge in [0.2, 0.25) is 5.88 Å². The second-order valence-electron chi connectivity index (χ2n) is 4.39. The first kappa shape index (κ1) is 14.1. The van der Waals surface area contributed by atoms with E-state index in [-0.39, 0.29) is 18.8 Å². The molecular weight excluding hydrogens is 261 g/mol. The summed E-state index contributed by atoms with van der Waals surface area (Å²) in [5.74, 6) is -0.406. The Morgan fingerprint density at radius 3 is 2.95 bits per heavy atom. The molecule has 1 N–H and O–H groups in total. The molecule has 1 aliphatic rings. The highest BCUT2D eigenvalue weighted by Crippen LogP contribution is 2.34. The fraction of sp³-hybridized carbons (Fsp3) is 0.583. The number of halogens is 3. The van der Waals surface area contributed by atoms with Gasteiger partial charge in [0, 0.05) is 19.3 Å². The molecule has 106 valence electrons. The number of hydrogen-bond donors (Lipinski definition) is 1. The number of morpholine rings is 1. The van der Waals surface area contributed by atoms with Crippen LogP contribution >= 0.6 is 0 Å². The van der Waals surface area contributed by atoms with Gasteiger partial charge in [0.15, 0.2) is 0 Å². The van der Waals surface area contributed by atoms with Crippen LogP contribution in [0.1, 0.15) is 12.5 Å². The molecule has 7 heteroatoms. The third-order valence-corrected chi connectivity index (χ3v) is 2.71. The van der Waals surface area contributed by atoms with E-state index in [0.717, 1.165) is 12.6 Å². The number of hydrogen-bond acceptors (Lipinski definition) is 4. The van der Waals surface area contributed by atoms with Crippen molar-refractivity contribution in [3.8, 4) is 5.88 Å². The number of ether oxygens (including phenoxy) is 2. The molecule has 0 aliphatic carbocycles. The van der Waals surface area contributed by atoms with Gasteiger partial charge in [0.1, 0.15) is 18.3 Å². The van der Waals surface area contributed by atoms with Gasteiger partial charge < -0.3 is 14.8 Å². The van der Waals surface area contributed by atoms with E-state index in [1.54, 1.807) is 0 Å². The Kier molecular flexibility index (Phi) is 4.26. The fourth-order valence-electron chi connectivity index (χ4n) is 1.86. The van der Waals surface area contributed by atoms with E-state index in [2.05, 4.69) is 10.3 Å². The van der Waals surface area contributed by atoms with Crippen molar-refractivity contribution in [1.82, 2.24) is 10.3 Å². The highest BCUT2D eigenvalue weighted by molar-refractivity contribution is 5.28. The molecule has 2 atom stereocenters. The summed E-state index contributed by atoms with van der Waals surface area (Å²) in [6.45, 7) is 3.21. The van der Waals surface area contributed by atoms with E-state index < -0.39 is 17.6 Å². The van der Waals surface area contributed by atoms with Crippen LogP contribution in [0.15, 0.2) is 18.3 Å². The normalized spacial score (nSPS) is 24.2. The average Bonchev–Trinajstić information content (AvgIpc) is 2.36. The van der Waals surface area contributed by atoms with Crippen LogP contribution in [0.4, 0.5) is 13.2 Å². The molecule has 0 spiro atoms. The number of nitrogens with one attached hydrogen (secondary N) is 1. The Morgan fingerprint density at radius 1 is 1.47 bits per heavy atom. The van der Waals surface area contributed by atoms with Crippen molar-refractivity contribution in [2.45, 2.75) is 25.3 Å². The number of aromatic nitrogens is 1. The van der Waals surface area contributed by atoms with Crippen LogP contribution in [0.5, 0.6) is 5.88 Å². The topological polar surface area (TPSA) is 43.4 Å². The van der Waals surface area contributed by atoms with Gasteiger partial charge in [-0.05, 0) is 19.1 Å². The summed E-state index contributed by atoms with van der Waals surface area (Å²) in [6.07, 6.45) is -3.45. The summed E-state index contributed by atoms with van der Waals surface area (Å²) in [5, 5.41) is 3.12. The molecule has 1 aliphatic heterocycles. The molecule has 4 nitrogen and oxygen atoms in total. The maximum absolute atomic E-state index is 12.7. The first-order valence-corrected chi connectivity index (χ1v) is 5.98. The summed E-state index contributed by atoms with van der Waals surface area (Å²) in [7, 11) is 0. The maximum atomic E-state index is 12.7. The second-order valence-corrected chi connectivity index (χ2v) is 4.39. The number of rotatable bonds is 3. The lowest BCUT2D eigenvalue weighted by Crippen LogP contribution is -2.46. The van der Waals surface area contributed by atoms with Crippen LogP contribution in [0.25, 0.3) is 0 Å². The van der Waals surface area contributed by atoms with E-state index in [1.165, 1.54) is 12.3 Å². The minimum Gasteiger partial charge on any atom is -0.474 e. The molecule has 19 heavy (non-hydrogen) atoms. The quantitative estimate of drug-likeness (QED) is 0.915. The molecule has 0 bridgehead atoms. The van der Waals surface area contributed by atoms with Crippen molar-refractivity contribution < 1.29 is 22.6 Å². The van der Waals surface area contributed by atoms with Crippen molar-refractivity contribution >= 4 is 0 Å². The van der Waals surface area contributed by atoms with E-state index >= 15 is 0 Å². The predicted octanol–water partition coefficient (Wildman–Crippen LogP) is 1.86. The van der Waals surface area contributed by atoms with Crippen LogP contribution in [0, 0.1) is 0 Å². The molecule has 2 rings (SSSR count). The molecular formula is C12H15F3N2O2. The smallest absolute Gasteiger partial charge is 0.421 e. The Balaban J connectivity index is 1.99. The largest absolute Gasteiger partial charge is 0.474 e. The van der Waals surface area contributed by atoms with Crippen molar-refractivity contribution in [2.24, 2.45) is 0 Å². The van der Waals surface area contributed by atoms with Gasteiger partial charge in [0.25, 0.3) is 0 Å². The Labute approximate surface area is 108 Å². The molecule has 1 fully saturated rings. The number of nitrogens with zero attached hydrogens (tertiary/aromatic N) is 1. The lowest BCUT2D eigenvalue weighted by atomic mass is 10.2. The maximum Gasteiger partial charge on any atom is 0.421 e. The van der Waals surface area contributed by atoms with Crippen molar-refractivity contribution in [1.29, 1.82) is 0 Å². The van der Waals surface area contributed by atoms with Gasteiger partial charge in [-0.2, -0.15) is 13.2 Å².